The Balaban J connectivity index is 1.75. The van der Waals surface area contributed by atoms with Crippen LogP contribution in [0.3, 0.4) is 0 Å². The molecule has 1 atom stereocenters. The van der Waals surface area contributed by atoms with Crippen molar-refractivity contribution in [3.8, 4) is 17.0 Å². The number of phenols is 1. The number of fused-ring (bicyclic) bond motifs is 3. The number of para-hydroxylation sites is 1. The molecule has 3 heterocycles. The van der Waals surface area contributed by atoms with E-state index in [1.807, 2.05) is 24.3 Å². The zero-order valence-electron chi connectivity index (χ0n) is 12.5. The Labute approximate surface area is 129 Å². The van der Waals surface area contributed by atoms with Crippen LogP contribution in [0.4, 0.5) is 11.5 Å². The Morgan fingerprint density at radius 1 is 1.23 bits per heavy atom. The van der Waals surface area contributed by atoms with E-state index in [2.05, 4.69) is 32.4 Å². The molecule has 1 saturated heterocycles. The monoisotopic (exact) mass is 297 g/mol. The first kappa shape index (κ1) is 13.3. The van der Waals surface area contributed by atoms with Gasteiger partial charge in [-0.2, -0.15) is 0 Å². The third-order valence-electron chi connectivity index (χ3n) is 4.45. The minimum Gasteiger partial charge on any atom is -0.507 e. The van der Waals surface area contributed by atoms with Crippen LogP contribution in [0.5, 0.6) is 5.75 Å². The molecule has 0 unspecified atom stereocenters. The number of nitrogens with zero attached hydrogens (tertiary/aromatic N) is 4. The lowest BCUT2D eigenvalue weighted by Gasteiger charge is -2.44. The Bertz CT molecular complexity index is 705. The molecule has 1 aromatic heterocycles. The van der Waals surface area contributed by atoms with Crippen LogP contribution in [0.25, 0.3) is 11.3 Å². The zero-order valence-corrected chi connectivity index (χ0v) is 12.5. The van der Waals surface area contributed by atoms with Gasteiger partial charge in [-0.3, -0.25) is 0 Å². The number of aromatic nitrogens is 2. The quantitative estimate of drug-likeness (QED) is 0.829. The number of hydrogen-bond acceptors (Lipinski definition) is 6. The minimum absolute atomic E-state index is 0.232. The van der Waals surface area contributed by atoms with Gasteiger partial charge in [0.05, 0.1) is 17.4 Å². The Hall–Kier alpha value is -2.34. The molecule has 0 spiro atoms. The highest BCUT2D eigenvalue weighted by Gasteiger charge is 2.31. The fourth-order valence-electron chi connectivity index (χ4n) is 3.27. The molecule has 2 aliphatic rings. The van der Waals surface area contributed by atoms with Gasteiger partial charge in [0.25, 0.3) is 0 Å². The van der Waals surface area contributed by atoms with E-state index in [0.29, 0.717) is 17.3 Å². The van der Waals surface area contributed by atoms with Gasteiger partial charge in [0, 0.05) is 31.7 Å². The molecule has 0 bridgehead atoms. The van der Waals surface area contributed by atoms with Crippen molar-refractivity contribution in [2.45, 2.75) is 6.04 Å². The molecule has 0 amide bonds. The van der Waals surface area contributed by atoms with Crippen molar-refractivity contribution in [2.75, 3.05) is 43.4 Å². The molecule has 2 aliphatic heterocycles. The number of aromatic hydroxyl groups is 1. The highest BCUT2D eigenvalue weighted by atomic mass is 16.3. The predicted molar refractivity (Wildman–Crippen MR) is 86.3 cm³/mol. The maximum Gasteiger partial charge on any atom is 0.172 e. The standard InChI is InChI=1S/C16H19N5O/c1-20-6-7-21-11(10-20)9-17-16-14(21)8-13(18-19-16)12-4-2-3-5-15(12)22/h2-5,8,11,22H,6-7,9-10H2,1H3,(H,17,19)/t11-/m1/s1. The van der Waals surface area contributed by atoms with Crippen molar-refractivity contribution in [3.63, 3.8) is 0 Å². The highest BCUT2D eigenvalue weighted by molar-refractivity contribution is 5.76. The van der Waals surface area contributed by atoms with Gasteiger partial charge in [-0.05, 0) is 25.2 Å². The third-order valence-corrected chi connectivity index (χ3v) is 4.45. The molecule has 1 aromatic carbocycles. The van der Waals surface area contributed by atoms with Crippen molar-refractivity contribution in [2.24, 2.45) is 0 Å². The predicted octanol–water partition coefficient (Wildman–Crippen LogP) is 1.40. The van der Waals surface area contributed by atoms with E-state index in [-0.39, 0.29) is 5.75 Å². The van der Waals surface area contributed by atoms with Crippen LogP contribution in [0.1, 0.15) is 0 Å². The number of hydrogen-bond donors (Lipinski definition) is 2. The maximum absolute atomic E-state index is 10.0. The Morgan fingerprint density at radius 3 is 2.95 bits per heavy atom. The molecule has 4 rings (SSSR count). The fourth-order valence-corrected chi connectivity index (χ4v) is 3.27. The van der Waals surface area contributed by atoms with Crippen LogP contribution in [0.2, 0.25) is 0 Å². The van der Waals surface area contributed by atoms with Gasteiger partial charge in [0.15, 0.2) is 5.82 Å². The molecular formula is C16H19N5O. The number of likely N-dealkylation sites (N-methyl/N-ethyl adjacent to an activating group) is 1. The van der Waals surface area contributed by atoms with Crippen LogP contribution in [0, 0.1) is 0 Å². The molecule has 114 valence electrons. The molecule has 22 heavy (non-hydrogen) atoms. The summed E-state index contributed by atoms with van der Waals surface area (Å²) in [6.45, 7) is 3.97. The van der Waals surface area contributed by atoms with Gasteiger partial charge >= 0.3 is 0 Å². The molecule has 0 radical (unpaired) electrons. The van der Waals surface area contributed by atoms with Gasteiger partial charge in [-0.15, -0.1) is 10.2 Å². The van der Waals surface area contributed by atoms with E-state index in [0.717, 1.165) is 37.7 Å². The first-order valence-electron chi connectivity index (χ1n) is 7.57. The maximum atomic E-state index is 10.0. The first-order chi connectivity index (χ1) is 10.7. The summed E-state index contributed by atoms with van der Waals surface area (Å²) >= 11 is 0. The summed E-state index contributed by atoms with van der Waals surface area (Å²) in [4.78, 5) is 4.76. The van der Waals surface area contributed by atoms with Crippen LogP contribution < -0.4 is 10.2 Å². The van der Waals surface area contributed by atoms with Crippen LogP contribution in [-0.2, 0) is 0 Å². The summed E-state index contributed by atoms with van der Waals surface area (Å²) in [6.07, 6.45) is 0. The summed E-state index contributed by atoms with van der Waals surface area (Å²) in [5, 5.41) is 22.0. The number of benzene rings is 1. The summed E-state index contributed by atoms with van der Waals surface area (Å²) in [7, 11) is 2.16. The van der Waals surface area contributed by atoms with Gasteiger partial charge in [0.2, 0.25) is 0 Å². The number of anilines is 2. The molecule has 6 heteroatoms. The second-order valence-corrected chi connectivity index (χ2v) is 5.97. The molecule has 0 aliphatic carbocycles. The average Bonchev–Trinajstić information content (AvgIpc) is 2.54. The van der Waals surface area contributed by atoms with E-state index in [9.17, 15) is 5.11 Å². The van der Waals surface area contributed by atoms with Crippen molar-refractivity contribution < 1.29 is 5.11 Å². The van der Waals surface area contributed by atoms with Crippen molar-refractivity contribution in [3.05, 3.63) is 30.3 Å². The van der Waals surface area contributed by atoms with Crippen molar-refractivity contribution in [1.82, 2.24) is 15.1 Å². The van der Waals surface area contributed by atoms with E-state index in [1.165, 1.54) is 0 Å². The Kier molecular flexibility index (Phi) is 3.11. The zero-order chi connectivity index (χ0) is 15.1. The van der Waals surface area contributed by atoms with Crippen LogP contribution in [0.15, 0.2) is 30.3 Å². The highest BCUT2D eigenvalue weighted by Crippen LogP contribution is 2.35. The lowest BCUT2D eigenvalue weighted by atomic mass is 10.1. The van der Waals surface area contributed by atoms with E-state index >= 15 is 0 Å². The summed E-state index contributed by atoms with van der Waals surface area (Å²) in [5.74, 6) is 1.07. The second kappa shape index (κ2) is 5.14. The van der Waals surface area contributed by atoms with Crippen LogP contribution in [-0.4, -0.2) is 59.5 Å². The third kappa shape index (κ3) is 2.16. The largest absolute Gasteiger partial charge is 0.507 e. The number of rotatable bonds is 1. The van der Waals surface area contributed by atoms with Gasteiger partial charge in [-0.1, -0.05) is 12.1 Å². The van der Waals surface area contributed by atoms with E-state index < -0.39 is 0 Å². The van der Waals surface area contributed by atoms with Gasteiger partial charge < -0.3 is 20.2 Å². The van der Waals surface area contributed by atoms with Crippen molar-refractivity contribution >= 4 is 11.5 Å². The number of phenolic OH excluding ortho intramolecular Hbond substituents is 1. The normalized spacial score (nSPS) is 21.0. The summed E-state index contributed by atoms with van der Waals surface area (Å²) in [5.41, 5.74) is 2.50. The second-order valence-electron chi connectivity index (χ2n) is 5.97. The first-order valence-corrected chi connectivity index (χ1v) is 7.57. The van der Waals surface area contributed by atoms with Crippen LogP contribution >= 0.6 is 0 Å². The molecule has 2 N–H and O–H groups in total. The van der Waals surface area contributed by atoms with Gasteiger partial charge in [0.1, 0.15) is 5.75 Å². The Morgan fingerprint density at radius 2 is 2.09 bits per heavy atom. The molecule has 2 aromatic rings. The van der Waals surface area contributed by atoms with Gasteiger partial charge in [-0.25, -0.2) is 0 Å². The fraction of sp³-hybridized carbons (Fsp3) is 0.375. The van der Waals surface area contributed by atoms with Crippen molar-refractivity contribution in [1.29, 1.82) is 0 Å². The SMILES string of the molecule is CN1CCN2c3cc(-c4ccccc4O)nnc3NC[C@@H]2C1. The summed E-state index contributed by atoms with van der Waals surface area (Å²) in [6, 6.07) is 9.72. The smallest absolute Gasteiger partial charge is 0.172 e. The lowest BCUT2D eigenvalue weighted by Crippen LogP contribution is -2.56. The molecule has 0 saturated carbocycles. The van der Waals surface area contributed by atoms with E-state index in [1.54, 1.807) is 6.07 Å². The molecular weight excluding hydrogens is 278 g/mol. The summed E-state index contributed by atoms with van der Waals surface area (Å²) < 4.78 is 0. The lowest BCUT2D eigenvalue weighted by molar-refractivity contribution is 0.269. The number of piperazine rings is 1. The topological polar surface area (TPSA) is 64.5 Å². The number of nitrogens with one attached hydrogen (secondary N) is 1. The molecule has 6 nitrogen and oxygen atoms in total. The molecule has 1 fully saturated rings. The van der Waals surface area contributed by atoms with E-state index in [4.69, 9.17) is 0 Å². The minimum atomic E-state index is 0.232. The average molecular weight is 297 g/mol.